The van der Waals surface area contributed by atoms with Crippen molar-refractivity contribution in [1.29, 1.82) is 0 Å². The summed E-state index contributed by atoms with van der Waals surface area (Å²) in [5, 5.41) is 45.6. The Kier molecular flexibility index (Phi) is 4.00. The highest BCUT2D eigenvalue weighted by Crippen LogP contribution is 2.18. The molecule has 1 saturated heterocycles. The van der Waals surface area contributed by atoms with Crippen LogP contribution in [0.3, 0.4) is 0 Å². The number of hydrogen-bond donors (Lipinski definition) is 5. The van der Waals surface area contributed by atoms with Crippen LogP contribution in [0, 0.1) is 0 Å². The molecule has 0 aromatic heterocycles. The van der Waals surface area contributed by atoms with Gasteiger partial charge in [0.05, 0.1) is 12.7 Å². The molecule has 0 aromatic rings. The monoisotopic (exact) mass is 221 g/mol. The van der Waals surface area contributed by atoms with Gasteiger partial charge in [0.2, 0.25) is 0 Å². The lowest BCUT2D eigenvalue weighted by atomic mass is 9.94. The van der Waals surface area contributed by atoms with Crippen LogP contribution in [0.1, 0.15) is 0 Å². The van der Waals surface area contributed by atoms with E-state index in [1.165, 1.54) is 4.90 Å². The van der Waals surface area contributed by atoms with Gasteiger partial charge in [0.15, 0.2) is 0 Å². The molecule has 0 saturated carbocycles. The van der Waals surface area contributed by atoms with E-state index in [9.17, 15) is 20.1 Å². The predicted molar refractivity (Wildman–Crippen MR) is 48.1 cm³/mol. The third-order valence-corrected chi connectivity index (χ3v) is 2.52. The van der Waals surface area contributed by atoms with Crippen molar-refractivity contribution in [2.45, 2.75) is 24.4 Å². The van der Waals surface area contributed by atoms with E-state index < -0.39 is 30.3 Å². The summed E-state index contributed by atoms with van der Waals surface area (Å²) < 4.78 is 0. The Labute approximate surface area is 86.2 Å². The van der Waals surface area contributed by atoms with Gasteiger partial charge < -0.3 is 25.5 Å². The number of carboxylic acids is 1. The van der Waals surface area contributed by atoms with Crippen molar-refractivity contribution in [2.24, 2.45) is 0 Å². The van der Waals surface area contributed by atoms with Crippen LogP contribution in [-0.2, 0) is 4.79 Å². The highest BCUT2D eigenvalue weighted by Gasteiger charge is 2.44. The molecule has 1 aliphatic heterocycles. The van der Waals surface area contributed by atoms with Crippen LogP contribution in [-0.4, -0.2) is 80.5 Å². The molecule has 0 aliphatic carbocycles. The van der Waals surface area contributed by atoms with Crippen molar-refractivity contribution < 1.29 is 30.3 Å². The fraction of sp³-hybridized carbons (Fsp3) is 0.875. The topological polar surface area (TPSA) is 121 Å². The largest absolute Gasteiger partial charge is 0.480 e. The molecule has 88 valence electrons. The molecule has 15 heavy (non-hydrogen) atoms. The molecule has 1 heterocycles. The van der Waals surface area contributed by atoms with E-state index in [-0.39, 0.29) is 19.7 Å². The van der Waals surface area contributed by atoms with Crippen molar-refractivity contribution in [1.82, 2.24) is 4.90 Å². The molecule has 2 unspecified atom stereocenters. The molecule has 0 amide bonds. The zero-order valence-electron chi connectivity index (χ0n) is 8.02. The zero-order valence-corrected chi connectivity index (χ0v) is 8.02. The third-order valence-electron chi connectivity index (χ3n) is 2.52. The molecule has 0 spiro atoms. The third kappa shape index (κ3) is 2.44. The minimum atomic E-state index is -1.56. The molecule has 4 atom stereocenters. The van der Waals surface area contributed by atoms with E-state index in [1.807, 2.05) is 0 Å². The van der Waals surface area contributed by atoms with E-state index in [0.717, 1.165) is 0 Å². The number of β-amino-alcohol motifs (C(OH)–C–C–N with tert-alkyl or cyclic N) is 2. The lowest BCUT2D eigenvalue weighted by molar-refractivity contribution is -0.171. The summed E-state index contributed by atoms with van der Waals surface area (Å²) >= 11 is 0. The Morgan fingerprint density at radius 2 is 1.87 bits per heavy atom. The van der Waals surface area contributed by atoms with Crippen LogP contribution in [0.15, 0.2) is 0 Å². The molecule has 1 fully saturated rings. The van der Waals surface area contributed by atoms with Crippen LogP contribution in [0.4, 0.5) is 0 Å². The maximum atomic E-state index is 10.8. The van der Waals surface area contributed by atoms with Crippen molar-refractivity contribution in [3.63, 3.8) is 0 Å². The number of likely N-dealkylation sites (tertiary alicyclic amines) is 1. The lowest BCUT2D eigenvalue weighted by Crippen LogP contribution is -2.64. The standard InChI is InChI=1S/C8H15NO6/c10-2-1-9-3-4(11)6(12)7(13)5(9)8(14)15/h4-7,10-13H,1-3H2,(H,14,15)/t4-,5?,6?,7-/m1/s1. The second-order valence-electron chi connectivity index (χ2n) is 3.55. The van der Waals surface area contributed by atoms with Gasteiger partial charge in [0, 0.05) is 13.1 Å². The van der Waals surface area contributed by atoms with Crippen molar-refractivity contribution in [3.8, 4) is 0 Å². The molecule has 1 aliphatic rings. The Balaban J connectivity index is 2.81. The first-order valence-corrected chi connectivity index (χ1v) is 4.61. The van der Waals surface area contributed by atoms with Crippen LogP contribution < -0.4 is 0 Å². The summed E-state index contributed by atoms with van der Waals surface area (Å²) in [5.74, 6) is -1.29. The van der Waals surface area contributed by atoms with Crippen molar-refractivity contribution in [3.05, 3.63) is 0 Å². The average Bonchev–Trinajstić information content (AvgIpc) is 2.14. The predicted octanol–water partition coefficient (Wildman–Crippen LogP) is -3.17. The molecule has 0 bridgehead atoms. The summed E-state index contributed by atoms with van der Waals surface area (Å²) in [7, 11) is 0. The Hall–Kier alpha value is -0.730. The van der Waals surface area contributed by atoms with Gasteiger partial charge in [0.25, 0.3) is 0 Å². The zero-order chi connectivity index (χ0) is 11.6. The van der Waals surface area contributed by atoms with Gasteiger partial charge in [0.1, 0.15) is 18.2 Å². The fourth-order valence-electron chi connectivity index (χ4n) is 1.75. The van der Waals surface area contributed by atoms with Gasteiger partial charge in [-0.1, -0.05) is 0 Å². The number of rotatable bonds is 3. The smallest absolute Gasteiger partial charge is 0.323 e. The van der Waals surface area contributed by atoms with Gasteiger partial charge in [-0.15, -0.1) is 0 Å². The summed E-state index contributed by atoms with van der Waals surface area (Å²) in [6, 6.07) is -1.30. The van der Waals surface area contributed by atoms with Crippen LogP contribution >= 0.6 is 0 Å². The molecule has 7 nitrogen and oxygen atoms in total. The van der Waals surface area contributed by atoms with Gasteiger partial charge in [-0.3, -0.25) is 9.69 Å². The fourth-order valence-corrected chi connectivity index (χ4v) is 1.75. The number of nitrogens with zero attached hydrogens (tertiary/aromatic N) is 1. The molecule has 1 rings (SSSR count). The van der Waals surface area contributed by atoms with E-state index in [0.29, 0.717) is 0 Å². The molecule has 0 radical (unpaired) electrons. The number of aliphatic hydroxyl groups excluding tert-OH is 4. The van der Waals surface area contributed by atoms with Crippen molar-refractivity contribution >= 4 is 5.97 Å². The number of carbonyl (C=O) groups is 1. The highest BCUT2D eigenvalue weighted by atomic mass is 16.4. The van der Waals surface area contributed by atoms with Gasteiger partial charge >= 0.3 is 5.97 Å². The van der Waals surface area contributed by atoms with Gasteiger partial charge in [-0.25, -0.2) is 0 Å². The van der Waals surface area contributed by atoms with Crippen molar-refractivity contribution in [2.75, 3.05) is 19.7 Å². The maximum absolute atomic E-state index is 10.8. The number of carboxylic acid groups (broad SMARTS) is 1. The Morgan fingerprint density at radius 1 is 1.27 bits per heavy atom. The molecule has 0 aromatic carbocycles. The van der Waals surface area contributed by atoms with Crippen LogP contribution in [0.5, 0.6) is 0 Å². The van der Waals surface area contributed by atoms with E-state index in [4.69, 9.17) is 10.2 Å². The molecule has 7 heteroatoms. The van der Waals surface area contributed by atoms with E-state index in [1.54, 1.807) is 0 Å². The average molecular weight is 221 g/mol. The van der Waals surface area contributed by atoms with Gasteiger partial charge in [-0.2, -0.15) is 0 Å². The minimum absolute atomic E-state index is 0.0256. The second kappa shape index (κ2) is 4.86. The normalized spacial score (nSPS) is 37.9. The Morgan fingerprint density at radius 3 is 2.33 bits per heavy atom. The number of hydrogen-bond acceptors (Lipinski definition) is 6. The highest BCUT2D eigenvalue weighted by molar-refractivity contribution is 5.74. The number of aliphatic hydroxyl groups is 4. The SMILES string of the molecule is O=C(O)C1[C@@H](O)C(O)[C@H](O)CN1CCO. The molecule has 5 N–H and O–H groups in total. The summed E-state index contributed by atoms with van der Waals surface area (Å²) in [4.78, 5) is 12.1. The molecular formula is C8H15NO6. The Bertz CT molecular complexity index is 235. The van der Waals surface area contributed by atoms with E-state index in [2.05, 4.69) is 0 Å². The first kappa shape index (κ1) is 12.3. The lowest BCUT2D eigenvalue weighted by Gasteiger charge is -2.41. The summed E-state index contributed by atoms with van der Waals surface area (Å²) in [6.45, 7) is -0.340. The minimum Gasteiger partial charge on any atom is -0.480 e. The number of aliphatic carboxylic acids is 1. The summed E-state index contributed by atoms with van der Waals surface area (Å²) in [5.41, 5.74) is 0. The van der Waals surface area contributed by atoms with Gasteiger partial charge in [-0.05, 0) is 0 Å². The summed E-state index contributed by atoms with van der Waals surface area (Å²) in [6.07, 6.45) is -4.24. The first-order chi connectivity index (χ1) is 6.99. The first-order valence-electron chi connectivity index (χ1n) is 4.61. The maximum Gasteiger partial charge on any atom is 0.323 e. The van der Waals surface area contributed by atoms with Crippen LogP contribution in [0.25, 0.3) is 0 Å². The quantitative estimate of drug-likeness (QED) is 0.341. The molecular weight excluding hydrogens is 206 g/mol. The van der Waals surface area contributed by atoms with Crippen LogP contribution in [0.2, 0.25) is 0 Å². The van der Waals surface area contributed by atoms with E-state index >= 15 is 0 Å². The second-order valence-corrected chi connectivity index (χ2v) is 3.55. The number of piperidine rings is 1.